The molecule has 1 saturated carbocycles. The van der Waals surface area contributed by atoms with Gasteiger partial charge in [0.05, 0.1) is 18.9 Å². The number of likely N-dealkylation sites (N-methyl/N-ethyl adjacent to an activating group) is 1. The number of hydrogen-bond acceptors (Lipinski definition) is 5. The summed E-state index contributed by atoms with van der Waals surface area (Å²) in [6.45, 7) is 1.60. The number of ether oxygens (including phenoxy) is 2. The smallest absolute Gasteiger partial charge is 0.247 e. The Kier molecular flexibility index (Phi) is 3.36. The fourth-order valence-electron chi connectivity index (χ4n) is 3.66. The number of nitrogens with zero attached hydrogens (tertiary/aromatic N) is 1. The summed E-state index contributed by atoms with van der Waals surface area (Å²) >= 11 is 0. The highest BCUT2D eigenvalue weighted by atomic mass is 16.5. The van der Waals surface area contributed by atoms with Gasteiger partial charge >= 0.3 is 0 Å². The van der Waals surface area contributed by atoms with Gasteiger partial charge in [-0.25, -0.2) is 0 Å². The van der Waals surface area contributed by atoms with Crippen LogP contribution in [-0.2, 0) is 9.53 Å². The lowest BCUT2D eigenvalue weighted by molar-refractivity contribution is -0.219. The zero-order valence-corrected chi connectivity index (χ0v) is 13.5. The summed E-state index contributed by atoms with van der Waals surface area (Å²) in [6, 6.07) is 4.73. The summed E-state index contributed by atoms with van der Waals surface area (Å²) in [5.74, 6) is 6.42. The predicted molar refractivity (Wildman–Crippen MR) is 87.6 cm³/mol. The Balaban J connectivity index is 1.56. The van der Waals surface area contributed by atoms with E-state index in [4.69, 9.17) is 15.2 Å². The van der Waals surface area contributed by atoms with Crippen LogP contribution in [0.4, 0.5) is 5.69 Å². The maximum atomic E-state index is 12.1. The number of benzene rings is 1. The summed E-state index contributed by atoms with van der Waals surface area (Å²) in [5, 5.41) is 10.4. The van der Waals surface area contributed by atoms with Gasteiger partial charge in [-0.15, -0.1) is 0 Å². The molecule has 6 nitrogen and oxygen atoms in total. The van der Waals surface area contributed by atoms with E-state index in [1.807, 2.05) is 6.07 Å². The van der Waals surface area contributed by atoms with Gasteiger partial charge in [0.15, 0.2) is 0 Å². The van der Waals surface area contributed by atoms with Crippen LogP contribution in [0.3, 0.4) is 0 Å². The molecule has 0 aromatic heterocycles. The monoisotopic (exact) mass is 328 g/mol. The lowest BCUT2D eigenvalue weighted by Crippen LogP contribution is -2.60. The molecule has 24 heavy (non-hydrogen) atoms. The van der Waals surface area contributed by atoms with Gasteiger partial charge in [0.1, 0.15) is 24.0 Å². The highest BCUT2D eigenvalue weighted by molar-refractivity contribution is 5.98. The van der Waals surface area contributed by atoms with Crippen molar-refractivity contribution in [2.45, 2.75) is 24.5 Å². The average Bonchev–Trinajstić information content (AvgIpc) is 2.61. The first-order chi connectivity index (χ1) is 11.4. The van der Waals surface area contributed by atoms with Crippen LogP contribution < -0.4 is 15.4 Å². The molecule has 0 radical (unpaired) electrons. The van der Waals surface area contributed by atoms with E-state index >= 15 is 0 Å². The van der Waals surface area contributed by atoms with Gasteiger partial charge in [-0.05, 0) is 31.0 Å². The van der Waals surface area contributed by atoms with Crippen LogP contribution in [0.5, 0.6) is 5.75 Å². The number of nitrogens with two attached hydrogens (primary N) is 1. The molecular weight excluding hydrogens is 308 g/mol. The molecule has 6 heteroatoms. The standard InChI is InChI=1S/C18H20N2O4/c1-20-14-6-12(2-3-15(14)24-7-13(19)16(20)21)4-5-18(22)8-17(9-18)10-23-11-17/h2-3,6,13,22H,7-11,19H2,1H3. The molecule has 4 rings (SSSR count). The van der Waals surface area contributed by atoms with Crippen molar-refractivity contribution in [3.8, 4) is 17.6 Å². The third-order valence-corrected chi connectivity index (χ3v) is 4.98. The second kappa shape index (κ2) is 5.21. The average molecular weight is 328 g/mol. The van der Waals surface area contributed by atoms with Crippen molar-refractivity contribution in [3.05, 3.63) is 23.8 Å². The van der Waals surface area contributed by atoms with Gasteiger partial charge in [0, 0.05) is 18.0 Å². The Morgan fingerprint density at radius 2 is 2.12 bits per heavy atom. The molecule has 3 N–H and O–H groups in total. The molecule has 1 spiro atoms. The van der Waals surface area contributed by atoms with Crippen molar-refractivity contribution in [3.63, 3.8) is 0 Å². The maximum absolute atomic E-state index is 12.1. The summed E-state index contributed by atoms with van der Waals surface area (Å²) < 4.78 is 10.8. The zero-order chi connectivity index (χ0) is 16.9. The molecule has 0 bridgehead atoms. The van der Waals surface area contributed by atoms with E-state index in [2.05, 4.69) is 11.8 Å². The summed E-state index contributed by atoms with van der Waals surface area (Å²) in [5.41, 5.74) is 6.37. The van der Waals surface area contributed by atoms with Crippen molar-refractivity contribution in [1.82, 2.24) is 0 Å². The number of carbonyl (C=O) groups is 1. The van der Waals surface area contributed by atoms with E-state index in [0.717, 1.165) is 18.8 Å². The van der Waals surface area contributed by atoms with Crippen LogP contribution in [0, 0.1) is 17.3 Å². The van der Waals surface area contributed by atoms with Crippen LogP contribution in [0.25, 0.3) is 0 Å². The fourth-order valence-corrected chi connectivity index (χ4v) is 3.66. The highest BCUT2D eigenvalue weighted by Gasteiger charge is 2.57. The van der Waals surface area contributed by atoms with Crippen molar-refractivity contribution >= 4 is 11.6 Å². The van der Waals surface area contributed by atoms with Gasteiger partial charge in [0.2, 0.25) is 5.91 Å². The van der Waals surface area contributed by atoms with Gasteiger partial charge in [0.25, 0.3) is 0 Å². The van der Waals surface area contributed by atoms with Crippen LogP contribution >= 0.6 is 0 Å². The second-order valence-corrected chi connectivity index (χ2v) is 7.13. The quantitative estimate of drug-likeness (QED) is 0.668. The first-order valence-corrected chi connectivity index (χ1v) is 8.03. The Hall–Kier alpha value is -2.07. The van der Waals surface area contributed by atoms with E-state index in [9.17, 15) is 9.90 Å². The largest absolute Gasteiger partial charge is 0.489 e. The van der Waals surface area contributed by atoms with Gasteiger partial charge < -0.3 is 25.2 Å². The van der Waals surface area contributed by atoms with E-state index in [0.29, 0.717) is 24.3 Å². The van der Waals surface area contributed by atoms with Crippen LogP contribution in [0.1, 0.15) is 18.4 Å². The highest BCUT2D eigenvalue weighted by Crippen LogP contribution is 2.52. The molecule has 1 aromatic carbocycles. The number of anilines is 1. The Morgan fingerprint density at radius 1 is 1.38 bits per heavy atom. The third-order valence-electron chi connectivity index (χ3n) is 4.98. The Bertz CT molecular complexity index is 752. The van der Waals surface area contributed by atoms with E-state index < -0.39 is 11.6 Å². The molecular formula is C18H20N2O4. The second-order valence-electron chi connectivity index (χ2n) is 7.13. The predicted octanol–water partition coefficient (Wildman–Crippen LogP) is 0.262. The Labute approximate surface area is 140 Å². The minimum absolute atomic E-state index is 0.147. The third kappa shape index (κ3) is 2.46. The first kappa shape index (κ1) is 15.5. The van der Waals surface area contributed by atoms with Crippen LogP contribution in [0.15, 0.2) is 18.2 Å². The maximum Gasteiger partial charge on any atom is 0.247 e. The molecule has 2 heterocycles. The molecule has 1 atom stereocenters. The topological polar surface area (TPSA) is 85.0 Å². The number of hydrogen-bond donors (Lipinski definition) is 2. The van der Waals surface area contributed by atoms with E-state index in [1.165, 1.54) is 4.90 Å². The fraction of sp³-hybridized carbons (Fsp3) is 0.500. The molecule has 3 aliphatic rings. The number of carbonyl (C=O) groups excluding carboxylic acids is 1. The van der Waals surface area contributed by atoms with Crippen molar-refractivity contribution in [1.29, 1.82) is 0 Å². The van der Waals surface area contributed by atoms with E-state index in [1.54, 1.807) is 19.2 Å². The molecule has 2 fully saturated rings. The first-order valence-electron chi connectivity index (χ1n) is 8.03. The lowest BCUT2D eigenvalue weighted by Gasteiger charge is -2.55. The summed E-state index contributed by atoms with van der Waals surface area (Å²) in [6.07, 6.45) is 1.32. The minimum Gasteiger partial charge on any atom is -0.489 e. The number of aliphatic hydroxyl groups is 1. The number of fused-ring (bicyclic) bond motifs is 1. The molecule has 1 unspecified atom stereocenters. The zero-order valence-electron chi connectivity index (χ0n) is 13.5. The normalized spacial score (nSPS) is 26.2. The number of amides is 1. The summed E-state index contributed by atoms with van der Waals surface area (Å²) in [7, 11) is 1.67. The summed E-state index contributed by atoms with van der Waals surface area (Å²) in [4.78, 5) is 13.6. The molecule has 1 amide bonds. The van der Waals surface area contributed by atoms with Crippen molar-refractivity contribution in [2.75, 3.05) is 31.8 Å². The molecule has 1 saturated heterocycles. The van der Waals surface area contributed by atoms with Gasteiger partial charge in [-0.3, -0.25) is 4.79 Å². The SMILES string of the molecule is CN1C(=O)C(N)COc2ccc(C#CC3(O)CC4(COC4)C3)cc21. The van der Waals surface area contributed by atoms with Crippen molar-refractivity contribution < 1.29 is 19.4 Å². The van der Waals surface area contributed by atoms with Crippen LogP contribution in [0.2, 0.25) is 0 Å². The Morgan fingerprint density at radius 3 is 2.79 bits per heavy atom. The molecule has 2 aliphatic heterocycles. The van der Waals surface area contributed by atoms with E-state index in [-0.39, 0.29) is 17.9 Å². The molecule has 1 aliphatic carbocycles. The minimum atomic E-state index is -0.933. The van der Waals surface area contributed by atoms with Gasteiger partial charge in [-0.2, -0.15) is 0 Å². The number of rotatable bonds is 0. The molecule has 126 valence electrons. The van der Waals surface area contributed by atoms with Crippen LogP contribution in [-0.4, -0.2) is 49.5 Å². The lowest BCUT2D eigenvalue weighted by atomic mass is 9.58. The van der Waals surface area contributed by atoms with Gasteiger partial charge in [-0.1, -0.05) is 11.8 Å². The van der Waals surface area contributed by atoms with Crippen molar-refractivity contribution in [2.24, 2.45) is 11.1 Å². The molecule has 1 aromatic rings.